The first-order chi connectivity index (χ1) is 13.1. The van der Waals surface area contributed by atoms with E-state index in [-0.39, 0.29) is 24.1 Å². The summed E-state index contributed by atoms with van der Waals surface area (Å²) < 4.78 is 3.21. The molecule has 0 aliphatic rings. The Bertz CT molecular complexity index is 1080. The van der Waals surface area contributed by atoms with E-state index in [9.17, 15) is 4.79 Å². The van der Waals surface area contributed by atoms with Crippen LogP contribution in [-0.2, 0) is 6.54 Å². The second kappa shape index (κ2) is 6.90. The van der Waals surface area contributed by atoms with Crippen molar-refractivity contribution >= 4 is 11.7 Å². The third-order valence-corrected chi connectivity index (χ3v) is 4.05. The topological polar surface area (TPSA) is 116 Å². The Morgan fingerprint density at radius 3 is 2.81 bits per heavy atom. The Morgan fingerprint density at radius 2 is 2.04 bits per heavy atom. The van der Waals surface area contributed by atoms with Crippen LogP contribution in [0.25, 0.3) is 11.5 Å². The average molecular weight is 363 g/mol. The molecule has 0 unspecified atom stereocenters. The van der Waals surface area contributed by atoms with Gasteiger partial charge >= 0.3 is 0 Å². The number of nitrogens with zero attached hydrogens (tertiary/aromatic N) is 8. The molecule has 0 atom stereocenters. The van der Waals surface area contributed by atoms with Crippen molar-refractivity contribution in [1.82, 2.24) is 45.1 Å². The second-order valence-electron chi connectivity index (χ2n) is 6.22. The monoisotopic (exact) mass is 363 g/mol. The van der Waals surface area contributed by atoms with Crippen molar-refractivity contribution in [2.45, 2.75) is 26.3 Å². The fourth-order valence-corrected chi connectivity index (χ4v) is 2.70. The lowest BCUT2D eigenvalue weighted by atomic mass is 10.1. The van der Waals surface area contributed by atoms with Gasteiger partial charge in [0.1, 0.15) is 12.0 Å². The molecule has 3 aromatic heterocycles. The number of nitrogens with one attached hydrogen (secondary N) is 1. The van der Waals surface area contributed by atoms with E-state index in [0.29, 0.717) is 11.6 Å². The minimum Gasteiger partial charge on any atom is -0.343 e. The van der Waals surface area contributed by atoms with Gasteiger partial charge in [0.25, 0.3) is 11.7 Å². The van der Waals surface area contributed by atoms with Gasteiger partial charge in [0.15, 0.2) is 5.82 Å². The van der Waals surface area contributed by atoms with E-state index >= 15 is 0 Å². The summed E-state index contributed by atoms with van der Waals surface area (Å²) in [6.07, 6.45) is 1.42. The quantitative estimate of drug-likeness (QED) is 0.565. The van der Waals surface area contributed by atoms with Crippen LogP contribution in [0, 0.1) is 0 Å². The molecule has 0 saturated carbocycles. The third-order valence-electron chi connectivity index (χ3n) is 4.05. The maximum absolute atomic E-state index is 12.6. The van der Waals surface area contributed by atoms with Crippen molar-refractivity contribution in [1.29, 1.82) is 0 Å². The average Bonchev–Trinajstić information content (AvgIpc) is 3.34. The zero-order valence-corrected chi connectivity index (χ0v) is 14.8. The molecule has 10 heteroatoms. The number of fused-ring (bicyclic) bond motifs is 1. The molecule has 0 bridgehead atoms. The van der Waals surface area contributed by atoms with Gasteiger partial charge in [-0.2, -0.15) is 14.8 Å². The van der Waals surface area contributed by atoms with Crippen molar-refractivity contribution in [3.05, 3.63) is 59.9 Å². The Kier molecular flexibility index (Phi) is 4.29. The molecular weight excluding hydrogens is 346 g/mol. The van der Waals surface area contributed by atoms with Crippen LogP contribution in [0.2, 0.25) is 0 Å². The first kappa shape index (κ1) is 16.8. The number of benzene rings is 1. The van der Waals surface area contributed by atoms with Gasteiger partial charge in [0.05, 0.1) is 17.9 Å². The molecule has 10 nitrogen and oxygen atoms in total. The van der Waals surface area contributed by atoms with Crippen LogP contribution in [0.5, 0.6) is 0 Å². The van der Waals surface area contributed by atoms with E-state index < -0.39 is 0 Å². The first-order valence-electron chi connectivity index (χ1n) is 8.45. The summed E-state index contributed by atoms with van der Waals surface area (Å²) in [6, 6.07) is 11.2. The molecule has 0 fully saturated rings. The van der Waals surface area contributed by atoms with Gasteiger partial charge in [0, 0.05) is 0 Å². The summed E-state index contributed by atoms with van der Waals surface area (Å²) in [4.78, 5) is 21.0. The van der Waals surface area contributed by atoms with Crippen molar-refractivity contribution < 1.29 is 4.79 Å². The highest BCUT2D eigenvalue weighted by molar-refractivity contribution is 5.92. The predicted molar refractivity (Wildman–Crippen MR) is 95.2 cm³/mol. The lowest BCUT2D eigenvalue weighted by Gasteiger charge is -2.10. The van der Waals surface area contributed by atoms with E-state index in [4.69, 9.17) is 0 Å². The molecule has 4 rings (SSSR count). The predicted octanol–water partition coefficient (Wildman–Crippen LogP) is 1.15. The lowest BCUT2D eigenvalue weighted by molar-refractivity contribution is 0.0944. The van der Waals surface area contributed by atoms with E-state index in [1.54, 1.807) is 15.3 Å². The van der Waals surface area contributed by atoms with E-state index in [0.717, 1.165) is 11.4 Å². The molecule has 0 aliphatic carbocycles. The number of tetrazole rings is 1. The molecule has 0 saturated heterocycles. The first-order valence-corrected chi connectivity index (χ1v) is 8.45. The van der Waals surface area contributed by atoms with Crippen molar-refractivity contribution in [2.24, 2.45) is 0 Å². The molecule has 136 valence electrons. The van der Waals surface area contributed by atoms with Crippen molar-refractivity contribution in [2.75, 3.05) is 0 Å². The molecule has 1 amide bonds. The van der Waals surface area contributed by atoms with E-state index in [1.165, 1.54) is 6.33 Å². The smallest absolute Gasteiger partial charge is 0.270 e. The summed E-state index contributed by atoms with van der Waals surface area (Å²) in [5.41, 5.74) is 1.95. The zero-order valence-electron chi connectivity index (χ0n) is 14.8. The highest BCUT2D eigenvalue weighted by atomic mass is 16.1. The van der Waals surface area contributed by atoms with E-state index in [1.807, 2.05) is 44.2 Å². The molecule has 3 heterocycles. The summed E-state index contributed by atoms with van der Waals surface area (Å²) >= 11 is 0. The van der Waals surface area contributed by atoms with Gasteiger partial charge in [0.2, 0.25) is 0 Å². The molecule has 1 aromatic carbocycles. The molecule has 1 N–H and O–H groups in total. The number of para-hydroxylation sites is 1. The highest BCUT2D eigenvalue weighted by Crippen LogP contribution is 2.15. The van der Waals surface area contributed by atoms with Crippen LogP contribution in [0.4, 0.5) is 0 Å². The number of aromatic nitrogens is 8. The van der Waals surface area contributed by atoms with Crippen LogP contribution in [-0.4, -0.2) is 45.7 Å². The van der Waals surface area contributed by atoms with Crippen LogP contribution < -0.4 is 5.32 Å². The number of hydrogen-bond donors (Lipinski definition) is 1. The summed E-state index contributed by atoms with van der Waals surface area (Å²) in [5, 5.41) is 18.6. The second-order valence-corrected chi connectivity index (χ2v) is 6.22. The highest BCUT2D eigenvalue weighted by Gasteiger charge is 2.16. The van der Waals surface area contributed by atoms with Crippen molar-refractivity contribution in [3.8, 4) is 5.69 Å². The fourth-order valence-electron chi connectivity index (χ4n) is 2.70. The summed E-state index contributed by atoms with van der Waals surface area (Å²) in [7, 11) is 0. The van der Waals surface area contributed by atoms with Gasteiger partial charge in [-0.15, -0.1) is 5.10 Å². The minimum absolute atomic E-state index is 0.161. The van der Waals surface area contributed by atoms with Gasteiger partial charge < -0.3 is 5.32 Å². The standard InChI is InChI=1S/C17H17N9O/c1-11(2)14-8-13(21-17-19-10-20-26(14)17)16(27)18-9-15-22-23-24-25(15)12-6-4-3-5-7-12/h3-8,10-11H,9H2,1-2H3,(H,18,27). The Hall–Kier alpha value is -3.69. The minimum atomic E-state index is -0.329. The fraction of sp³-hybridized carbons (Fsp3) is 0.235. The molecule has 27 heavy (non-hydrogen) atoms. The van der Waals surface area contributed by atoms with Crippen molar-refractivity contribution in [3.63, 3.8) is 0 Å². The van der Waals surface area contributed by atoms with E-state index in [2.05, 4.69) is 35.9 Å². The number of carbonyl (C=O) groups excluding carboxylic acids is 1. The maximum atomic E-state index is 12.6. The van der Waals surface area contributed by atoms with Gasteiger partial charge in [-0.05, 0) is 34.5 Å². The number of carbonyl (C=O) groups is 1. The van der Waals surface area contributed by atoms with Crippen LogP contribution in [0.3, 0.4) is 0 Å². The Balaban J connectivity index is 1.56. The van der Waals surface area contributed by atoms with Crippen LogP contribution in [0.15, 0.2) is 42.7 Å². The number of rotatable bonds is 5. The zero-order chi connectivity index (χ0) is 18.8. The third kappa shape index (κ3) is 3.24. The van der Waals surface area contributed by atoms with Gasteiger partial charge in [-0.3, -0.25) is 4.79 Å². The molecule has 0 aliphatic heterocycles. The number of amides is 1. The SMILES string of the molecule is CC(C)c1cc(C(=O)NCc2nnnn2-c2ccccc2)nc2ncnn12. The summed E-state index contributed by atoms with van der Waals surface area (Å²) in [5.74, 6) is 0.738. The molecule has 4 aromatic rings. The lowest BCUT2D eigenvalue weighted by Crippen LogP contribution is -2.26. The Morgan fingerprint density at radius 1 is 1.22 bits per heavy atom. The summed E-state index contributed by atoms with van der Waals surface area (Å²) in [6.45, 7) is 4.20. The largest absolute Gasteiger partial charge is 0.343 e. The molecule has 0 spiro atoms. The maximum Gasteiger partial charge on any atom is 0.270 e. The Labute approximate surface area is 154 Å². The normalized spacial score (nSPS) is 11.2. The molecular formula is C17H17N9O. The number of hydrogen-bond acceptors (Lipinski definition) is 7. The van der Waals surface area contributed by atoms with Gasteiger partial charge in [-0.25, -0.2) is 9.50 Å². The van der Waals surface area contributed by atoms with Gasteiger partial charge in [-0.1, -0.05) is 32.0 Å². The van der Waals surface area contributed by atoms with Crippen LogP contribution >= 0.6 is 0 Å². The van der Waals surface area contributed by atoms with Crippen LogP contribution in [0.1, 0.15) is 41.8 Å². The molecule has 0 radical (unpaired) electrons.